The van der Waals surface area contributed by atoms with E-state index in [4.69, 9.17) is 0 Å². The van der Waals surface area contributed by atoms with Crippen LogP contribution in [0.15, 0.2) is 109 Å². The fourth-order valence-electron chi connectivity index (χ4n) is 3.14. The van der Waals surface area contributed by atoms with E-state index in [0.717, 1.165) is 34.0 Å². The van der Waals surface area contributed by atoms with Crippen LogP contribution < -0.4 is 0 Å². The van der Waals surface area contributed by atoms with Crippen LogP contribution in [-0.4, -0.2) is 14.5 Å². The van der Waals surface area contributed by atoms with Crippen molar-refractivity contribution in [2.45, 2.75) is 6.92 Å². The van der Waals surface area contributed by atoms with Crippen molar-refractivity contribution in [3.05, 3.63) is 127 Å². The van der Waals surface area contributed by atoms with Crippen LogP contribution in [0, 0.1) is 19.1 Å². The van der Waals surface area contributed by atoms with Crippen molar-refractivity contribution in [2.24, 2.45) is 0 Å². The number of hydrogen-bond acceptors (Lipinski definition) is 2. The van der Waals surface area contributed by atoms with E-state index in [1.54, 1.807) is 6.20 Å². The van der Waals surface area contributed by atoms with Crippen molar-refractivity contribution in [3.8, 4) is 28.3 Å². The van der Waals surface area contributed by atoms with Crippen molar-refractivity contribution in [1.29, 1.82) is 0 Å². The zero-order chi connectivity index (χ0) is 20.6. The molecule has 4 heteroatoms. The van der Waals surface area contributed by atoms with Gasteiger partial charge in [-0.1, -0.05) is 30.3 Å². The average Bonchev–Trinajstić information content (AvgIpc) is 3.23. The van der Waals surface area contributed by atoms with Crippen molar-refractivity contribution in [3.63, 3.8) is 0 Å². The Morgan fingerprint density at radius 2 is 1.32 bits per heavy atom. The van der Waals surface area contributed by atoms with Crippen LogP contribution in [0.2, 0.25) is 0 Å². The van der Waals surface area contributed by atoms with Crippen molar-refractivity contribution in [1.82, 2.24) is 14.5 Å². The van der Waals surface area contributed by atoms with Gasteiger partial charge in [-0.25, -0.2) is 0 Å². The molecule has 3 nitrogen and oxygen atoms in total. The number of nitrogens with zero attached hydrogens (tertiary/aromatic N) is 3. The van der Waals surface area contributed by atoms with Crippen LogP contribution in [0.5, 0.6) is 0 Å². The molecular formula is C27H21IrN3-2. The zero-order valence-corrected chi connectivity index (χ0v) is 19.5. The van der Waals surface area contributed by atoms with Crippen molar-refractivity contribution in [2.75, 3.05) is 0 Å². The average molecular weight is 580 g/mol. The zero-order valence-electron chi connectivity index (χ0n) is 17.1. The van der Waals surface area contributed by atoms with E-state index >= 15 is 0 Å². The maximum Gasteiger partial charge on any atom is 0.0604 e. The molecule has 5 rings (SSSR count). The molecule has 0 fully saturated rings. The maximum atomic E-state index is 4.49. The molecule has 0 bridgehead atoms. The van der Waals surface area contributed by atoms with Gasteiger partial charge < -0.3 is 9.55 Å². The van der Waals surface area contributed by atoms with E-state index in [0.29, 0.717) is 0 Å². The number of para-hydroxylation sites is 1. The van der Waals surface area contributed by atoms with Crippen LogP contribution in [0.3, 0.4) is 0 Å². The monoisotopic (exact) mass is 580 g/mol. The Morgan fingerprint density at radius 3 is 1.94 bits per heavy atom. The number of pyridine rings is 1. The van der Waals surface area contributed by atoms with E-state index < -0.39 is 0 Å². The van der Waals surface area contributed by atoms with Crippen LogP contribution >= 0.6 is 0 Å². The Kier molecular flexibility index (Phi) is 8.05. The molecule has 0 aliphatic heterocycles. The van der Waals surface area contributed by atoms with E-state index in [9.17, 15) is 0 Å². The fraction of sp³-hybridized carbons (Fsp3) is 0.0370. The van der Waals surface area contributed by atoms with E-state index in [1.807, 2.05) is 91.1 Å². The Bertz CT molecular complexity index is 1140. The molecule has 0 atom stereocenters. The molecule has 2 heterocycles. The first kappa shape index (κ1) is 22.4. The summed E-state index contributed by atoms with van der Waals surface area (Å²) >= 11 is 0. The minimum atomic E-state index is 0. The Morgan fingerprint density at radius 1 is 0.677 bits per heavy atom. The molecule has 2 aromatic heterocycles. The summed E-state index contributed by atoms with van der Waals surface area (Å²) in [5.74, 6) is 0.930. The molecule has 0 saturated carbocycles. The molecule has 3 aromatic carbocycles. The topological polar surface area (TPSA) is 30.7 Å². The van der Waals surface area contributed by atoms with Crippen molar-refractivity contribution >= 4 is 0 Å². The fourth-order valence-corrected chi connectivity index (χ4v) is 3.14. The van der Waals surface area contributed by atoms with Gasteiger partial charge in [0.2, 0.25) is 0 Å². The van der Waals surface area contributed by atoms with Crippen LogP contribution in [0.25, 0.3) is 28.3 Å². The van der Waals surface area contributed by atoms with Gasteiger partial charge in [0.05, 0.1) is 5.82 Å². The summed E-state index contributed by atoms with van der Waals surface area (Å²) in [6.07, 6.45) is 3.68. The molecule has 0 spiro atoms. The second-order valence-corrected chi connectivity index (χ2v) is 6.66. The van der Waals surface area contributed by atoms with E-state index in [1.165, 1.54) is 0 Å². The molecule has 0 amide bonds. The number of hydrogen-bond donors (Lipinski definition) is 0. The second-order valence-electron chi connectivity index (χ2n) is 6.66. The van der Waals surface area contributed by atoms with Gasteiger partial charge in [-0.2, -0.15) is 0 Å². The number of rotatable bonds is 3. The molecule has 0 aliphatic rings. The molecule has 0 N–H and O–H groups in total. The molecule has 0 unspecified atom stereocenters. The molecule has 0 saturated heterocycles. The van der Waals surface area contributed by atoms with Gasteiger partial charge in [0.25, 0.3) is 0 Å². The van der Waals surface area contributed by atoms with E-state index in [2.05, 4.69) is 45.7 Å². The SMILES string of the molecule is Cc1cnc(-c2[c-]cccc2)n1-c1ccccc1.[Ir].[c-]1ccccc1-c1ccccn1. The molecule has 5 aromatic rings. The molecule has 31 heavy (non-hydrogen) atoms. The summed E-state index contributed by atoms with van der Waals surface area (Å²) in [6, 6.07) is 38.2. The standard InChI is InChI=1S/C16H13N2.C11H8N.Ir/c1-13-12-17-16(14-8-4-2-5-9-14)18(13)15-10-6-3-7-11-15;1-2-6-10(7-3-1)11-8-4-5-9-12-11;/h2-8,10-12H,1H3;1-6,8-9H;/q2*-1;. The van der Waals surface area contributed by atoms with Gasteiger partial charge in [-0.15, -0.1) is 71.8 Å². The minimum Gasteiger partial charge on any atom is -0.337 e. The summed E-state index contributed by atoms with van der Waals surface area (Å²) in [7, 11) is 0. The van der Waals surface area contributed by atoms with Gasteiger partial charge >= 0.3 is 0 Å². The summed E-state index contributed by atoms with van der Waals surface area (Å²) in [4.78, 5) is 8.71. The maximum absolute atomic E-state index is 4.49. The summed E-state index contributed by atoms with van der Waals surface area (Å²) < 4.78 is 2.14. The summed E-state index contributed by atoms with van der Waals surface area (Å²) in [6.45, 7) is 2.06. The second kappa shape index (κ2) is 11.2. The van der Waals surface area contributed by atoms with Gasteiger partial charge in [-0.3, -0.25) is 4.98 Å². The van der Waals surface area contributed by atoms with Crippen LogP contribution in [0.1, 0.15) is 5.69 Å². The normalized spacial score (nSPS) is 9.84. The number of aryl methyl sites for hydroxylation is 1. The Labute approximate surface area is 196 Å². The van der Waals surface area contributed by atoms with Gasteiger partial charge in [-0.05, 0) is 30.8 Å². The van der Waals surface area contributed by atoms with Crippen molar-refractivity contribution < 1.29 is 20.1 Å². The van der Waals surface area contributed by atoms with E-state index in [-0.39, 0.29) is 20.1 Å². The molecule has 1 radical (unpaired) electrons. The summed E-state index contributed by atoms with van der Waals surface area (Å²) in [5, 5.41) is 0. The Balaban J connectivity index is 0.000000183. The minimum absolute atomic E-state index is 0. The quantitative estimate of drug-likeness (QED) is 0.239. The largest absolute Gasteiger partial charge is 0.337 e. The summed E-state index contributed by atoms with van der Waals surface area (Å²) in [5.41, 5.74) is 5.26. The molecule has 155 valence electrons. The van der Waals surface area contributed by atoms with Crippen LogP contribution in [-0.2, 0) is 20.1 Å². The molecular weight excluding hydrogens is 559 g/mol. The first-order chi connectivity index (χ1) is 14.8. The number of imidazole rings is 1. The first-order valence-electron chi connectivity index (χ1n) is 9.78. The third kappa shape index (κ3) is 5.63. The van der Waals surface area contributed by atoms with Gasteiger partial charge in [0, 0.05) is 43.9 Å². The Hall–Kier alpha value is -3.33. The smallest absolute Gasteiger partial charge is 0.0604 e. The molecule has 0 aliphatic carbocycles. The number of benzene rings is 3. The van der Waals surface area contributed by atoms with Gasteiger partial charge in [0.15, 0.2) is 0 Å². The predicted molar refractivity (Wildman–Crippen MR) is 121 cm³/mol. The third-order valence-electron chi connectivity index (χ3n) is 4.55. The first-order valence-corrected chi connectivity index (χ1v) is 9.78. The third-order valence-corrected chi connectivity index (χ3v) is 4.55. The van der Waals surface area contributed by atoms with Gasteiger partial charge in [0.1, 0.15) is 0 Å². The van der Waals surface area contributed by atoms with Crippen LogP contribution in [0.4, 0.5) is 0 Å². The predicted octanol–water partition coefficient (Wildman–Crippen LogP) is 6.19. The number of aromatic nitrogens is 3.